The van der Waals surface area contributed by atoms with Crippen LogP contribution >= 0.6 is 0 Å². The van der Waals surface area contributed by atoms with E-state index in [4.69, 9.17) is 6.42 Å². The van der Waals surface area contributed by atoms with Crippen molar-refractivity contribution in [2.75, 3.05) is 0 Å². The fraction of sp³-hybridized carbons (Fsp3) is 0.250. The topological polar surface area (TPSA) is 15.8 Å². The molecule has 0 aliphatic rings. The highest BCUT2D eigenvalue weighted by Gasteiger charge is 2.57. The molecule has 0 spiro atoms. The zero-order chi connectivity index (χ0) is 15.0. The number of halogens is 3. The Morgan fingerprint density at radius 2 is 1.70 bits per heavy atom. The maximum Gasteiger partial charge on any atom is 0.414 e. The second-order valence-corrected chi connectivity index (χ2v) is 4.77. The van der Waals surface area contributed by atoms with Crippen LogP contribution in [0.2, 0.25) is 0 Å². The minimum Gasteiger partial charge on any atom is -0.360 e. The van der Waals surface area contributed by atoms with Crippen LogP contribution in [0.15, 0.2) is 36.4 Å². The summed E-state index contributed by atoms with van der Waals surface area (Å²) in [7, 11) is 0. The molecule has 1 nitrogen and oxygen atoms in total. The first-order chi connectivity index (χ1) is 9.33. The van der Waals surface area contributed by atoms with Crippen LogP contribution in [0.5, 0.6) is 0 Å². The second kappa shape index (κ2) is 4.75. The third-order valence-corrected chi connectivity index (χ3v) is 3.37. The van der Waals surface area contributed by atoms with Crippen molar-refractivity contribution in [3.8, 4) is 12.3 Å². The van der Waals surface area contributed by atoms with Crippen molar-refractivity contribution in [3.63, 3.8) is 0 Å². The van der Waals surface area contributed by atoms with E-state index in [0.717, 1.165) is 0 Å². The summed E-state index contributed by atoms with van der Waals surface area (Å²) in [6.07, 6.45) is 0.754. The summed E-state index contributed by atoms with van der Waals surface area (Å²) in [5.74, 6) is 1.99. The molecule has 2 rings (SSSR count). The van der Waals surface area contributed by atoms with Gasteiger partial charge in [0.05, 0.1) is 5.69 Å². The second-order valence-electron chi connectivity index (χ2n) is 4.77. The van der Waals surface area contributed by atoms with Gasteiger partial charge in [0.2, 0.25) is 0 Å². The molecule has 1 aromatic heterocycles. The van der Waals surface area contributed by atoms with Crippen molar-refractivity contribution in [1.29, 1.82) is 0 Å². The van der Waals surface area contributed by atoms with Gasteiger partial charge in [0.15, 0.2) is 5.41 Å². The van der Waals surface area contributed by atoms with Crippen LogP contribution in [0.1, 0.15) is 22.5 Å². The highest BCUT2D eigenvalue weighted by atomic mass is 19.4. The normalized spacial score (nSPS) is 14.6. The molecule has 0 bridgehead atoms. The van der Waals surface area contributed by atoms with E-state index in [9.17, 15) is 13.2 Å². The summed E-state index contributed by atoms with van der Waals surface area (Å²) in [5.41, 5.74) is -1.25. The molecular weight excluding hydrogens is 263 g/mol. The number of aromatic amines is 1. The Balaban J connectivity index is 2.81. The van der Waals surface area contributed by atoms with E-state index in [1.807, 2.05) is 5.92 Å². The molecular formula is C16H14F3N. The van der Waals surface area contributed by atoms with Crippen molar-refractivity contribution in [3.05, 3.63) is 58.9 Å². The van der Waals surface area contributed by atoms with Crippen LogP contribution in [0.3, 0.4) is 0 Å². The highest BCUT2D eigenvalue weighted by molar-refractivity contribution is 5.50. The number of nitrogens with one attached hydrogen (secondary N) is 1. The van der Waals surface area contributed by atoms with E-state index in [0.29, 0.717) is 11.3 Å². The van der Waals surface area contributed by atoms with Crippen LogP contribution in [-0.4, -0.2) is 11.2 Å². The Bertz CT molecular complexity index is 647. The molecule has 0 saturated carbocycles. The van der Waals surface area contributed by atoms with Crippen LogP contribution in [0.25, 0.3) is 0 Å². The SMILES string of the molecule is C#CC(c1ccccc1)(c1[nH]c(C)cc1C)C(F)(F)F. The lowest BCUT2D eigenvalue weighted by molar-refractivity contribution is -0.162. The summed E-state index contributed by atoms with van der Waals surface area (Å²) in [4.78, 5) is 2.78. The first-order valence-electron chi connectivity index (χ1n) is 6.09. The molecule has 0 amide bonds. The van der Waals surface area contributed by atoms with E-state index >= 15 is 0 Å². The molecule has 20 heavy (non-hydrogen) atoms. The Kier molecular flexibility index (Phi) is 3.39. The first-order valence-corrected chi connectivity index (χ1v) is 6.09. The van der Waals surface area contributed by atoms with Crippen LogP contribution in [0, 0.1) is 26.2 Å². The molecule has 1 unspecified atom stereocenters. The molecule has 1 atom stereocenters. The minimum absolute atomic E-state index is 0.0104. The van der Waals surface area contributed by atoms with Crippen molar-refractivity contribution in [2.24, 2.45) is 0 Å². The number of alkyl halides is 3. The third kappa shape index (κ3) is 2.00. The predicted octanol–water partition coefficient (Wildman–Crippen LogP) is 4.11. The Labute approximate surface area is 115 Å². The summed E-state index contributed by atoms with van der Waals surface area (Å²) >= 11 is 0. The fourth-order valence-corrected chi connectivity index (χ4v) is 2.49. The Morgan fingerprint density at radius 1 is 1.10 bits per heavy atom. The molecule has 1 heterocycles. The number of hydrogen-bond acceptors (Lipinski definition) is 0. The van der Waals surface area contributed by atoms with Crippen molar-refractivity contribution in [2.45, 2.75) is 25.4 Å². The standard InChI is InChI=1S/C16H14F3N/c1-4-15(16(17,18)19,13-8-6-5-7-9-13)14-11(2)10-12(3)20-14/h1,5-10,20H,2-3H3. The number of benzene rings is 1. The maximum atomic E-state index is 13.8. The van der Waals surface area contributed by atoms with Gasteiger partial charge in [0.1, 0.15) is 0 Å². The van der Waals surface area contributed by atoms with E-state index in [-0.39, 0.29) is 11.3 Å². The molecule has 0 saturated heterocycles. The Hall–Kier alpha value is -2.15. The lowest BCUT2D eigenvalue weighted by Crippen LogP contribution is -2.43. The van der Waals surface area contributed by atoms with Gasteiger partial charge in [0, 0.05) is 5.69 Å². The van der Waals surface area contributed by atoms with Gasteiger partial charge < -0.3 is 4.98 Å². The molecule has 2 aromatic rings. The summed E-state index contributed by atoms with van der Waals surface area (Å²) in [6.45, 7) is 3.33. The average molecular weight is 277 g/mol. The monoisotopic (exact) mass is 277 g/mol. The molecule has 0 aliphatic heterocycles. The van der Waals surface area contributed by atoms with Crippen LogP contribution in [0.4, 0.5) is 13.2 Å². The van der Waals surface area contributed by atoms with Crippen LogP contribution in [-0.2, 0) is 5.41 Å². The number of terminal acetylenes is 1. The predicted molar refractivity (Wildman–Crippen MR) is 72.4 cm³/mol. The molecule has 0 fully saturated rings. The minimum atomic E-state index is -4.59. The van der Waals surface area contributed by atoms with Crippen LogP contribution < -0.4 is 0 Å². The number of hydrogen-bond donors (Lipinski definition) is 1. The number of aryl methyl sites for hydroxylation is 2. The van der Waals surface area contributed by atoms with E-state index in [1.54, 1.807) is 38.1 Å². The fourth-order valence-electron chi connectivity index (χ4n) is 2.49. The summed E-state index contributed by atoms with van der Waals surface area (Å²) in [6, 6.07) is 9.24. The zero-order valence-corrected chi connectivity index (χ0v) is 11.2. The van der Waals surface area contributed by atoms with E-state index in [1.165, 1.54) is 12.1 Å². The number of aromatic nitrogens is 1. The third-order valence-electron chi connectivity index (χ3n) is 3.37. The quantitative estimate of drug-likeness (QED) is 0.795. The summed E-state index contributed by atoms with van der Waals surface area (Å²) < 4.78 is 41.3. The van der Waals surface area contributed by atoms with Gasteiger partial charge in [-0.2, -0.15) is 13.2 Å². The smallest absolute Gasteiger partial charge is 0.360 e. The molecule has 0 aliphatic carbocycles. The van der Waals surface area contributed by atoms with Crippen molar-refractivity contribution in [1.82, 2.24) is 4.98 Å². The highest BCUT2D eigenvalue weighted by Crippen LogP contribution is 2.46. The van der Waals surface area contributed by atoms with Gasteiger partial charge in [0.25, 0.3) is 0 Å². The lowest BCUT2D eigenvalue weighted by atomic mass is 9.76. The number of rotatable bonds is 2. The maximum absolute atomic E-state index is 13.8. The molecule has 104 valence electrons. The van der Waals surface area contributed by atoms with Gasteiger partial charge in [-0.3, -0.25) is 0 Å². The van der Waals surface area contributed by atoms with E-state index in [2.05, 4.69) is 4.98 Å². The van der Waals surface area contributed by atoms with Gasteiger partial charge in [-0.1, -0.05) is 36.3 Å². The number of H-pyrrole nitrogens is 1. The van der Waals surface area contributed by atoms with Gasteiger partial charge in [-0.25, -0.2) is 0 Å². The van der Waals surface area contributed by atoms with Gasteiger partial charge in [-0.05, 0) is 31.0 Å². The Morgan fingerprint density at radius 3 is 2.10 bits per heavy atom. The van der Waals surface area contributed by atoms with Gasteiger partial charge >= 0.3 is 6.18 Å². The lowest BCUT2D eigenvalue weighted by Gasteiger charge is -2.31. The van der Waals surface area contributed by atoms with Gasteiger partial charge in [-0.15, -0.1) is 6.42 Å². The molecule has 1 aromatic carbocycles. The first kappa shape index (κ1) is 14.3. The molecule has 4 heteroatoms. The summed E-state index contributed by atoms with van der Waals surface area (Å²) in [5, 5.41) is 0. The average Bonchev–Trinajstić information content (AvgIpc) is 2.70. The molecule has 0 radical (unpaired) electrons. The zero-order valence-electron chi connectivity index (χ0n) is 11.2. The van der Waals surface area contributed by atoms with E-state index < -0.39 is 11.6 Å². The largest absolute Gasteiger partial charge is 0.414 e. The van der Waals surface area contributed by atoms with Crippen molar-refractivity contribution < 1.29 is 13.2 Å². The van der Waals surface area contributed by atoms with Crippen molar-refractivity contribution >= 4 is 0 Å². The molecule has 1 N–H and O–H groups in total.